The third-order valence-electron chi connectivity index (χ3n) is 3.89. The average Bonchev–Trinajstić information content (AvgIpc) is 3.24. The van der Waals surface area contributed by atoms with Crippen LogP contribution in [-0.4, -0.2) is 32.8 Å². The molecule has 0 bridgehead atoms. The van der Waals surface area contributed by atoms with Crippen LogP contribution in [0.1, 0.15) is 48.5 Å². The van der Waals surface area contributed by atoms with E-state index in [0.717, 1.165) is 47.7 Å². The van der Waals surface area contributed by atoms with E-state index in [9.17, 15) is 0 Å². The van der Waals surface area contributed by atoms with Gasteiger partial charge in [0.2, 0.25) is 0 Å². The summed E-state index contributed by atoms with van der Waals surface area (Å²) < 4.78 is 2.19. The first-order chi connectivity index (χ1) is 11.2. The van der Waals surface area contributed by atoms with E-state index in [0.29, 0.717) is 19.0 Å². The van der Waals surface area contributed by atoms with E-state index < -0.39 is 0 Å². The lowest BCUT2D eigenvalue weighted by molar-refractivity contribution is 0.662. The van der Waals surface area contributed by atoms with Crippen molar-refractivity contribution in [3.63, 3.8) is 0 Å². The largest absolute Gasteiger partial charge is 0.350 e. The molecule has 0 aliphatic carbocycles. The Labute approximate surface area is 163 Å². The first-order valence-corrected chi connectivity index (χ1v) is 8.85. The van der Waals surface area contributed by atoms with Crippen LogP contribution >= 0.6 is 35.3 Å². The Bertz CT molecular complexity index is 692. The molecule has 0 fully saturated rings. The predicted molar refractivity (Wildman–Crippen MR) is 107 cm³/mol. The number of aryl methyl sites for hydroxylation is 1. The topological polar surface area (TPSA) is 80.0 Å². The summed E-state index contributed by atoms with van der Waals surface area (Å²) in [7, 11) is 1.77. The third-order valence-corrected chi connectivity index (χ3v) is 4.76. The van der Waals surface area contributed by atoms with Crippen LogP contribution < -0.4 is 10.6 Å². The van der Waals surface area contributed by atoms with E-state index >= 15 is 0 Å². The Balaban J connectivity index is 0.00000208. The lowest BCUT2D eigenvalue weighted by atomic mass is 10.2. The highest BCUT2D eigenvalue weighted by atomic mass is 127. The van der Waals surface area contributed by atoms with Gasteiger partial charge in [-0.1, -0.05) is 13.8 Å². The Morgan fingerprint density at radius 2 is 2.12 bits per heavy atom. The zero-order valence-corrected chi connectivity index (χ0v) is 17.4. The van der Waals surface area contributed by atoms with Gasteiger partial charge in [0.1, 0.15) is 10.8 Å². The molecule has 0 saturated carbocycles. The van der Waals surface area contributed by atoms with Gasteiger partial charge in [-0.3, -0.25) is 4.99 Å². The fraction of sp³-hybridized carbons (Fsp3) is 0.600. The highest BCUT2D eigenvalue weighted by Crippen LogP contribution is 2.17. The number of aliphatic imine (C=N–C) groups is 1. The van der Waals surface area contributed by atoms with Gasteiger partial charge in [0.15, 0.2) is 11.8 Å². The van der Waals surface area contributed by atoms with Crippen LogP contribution in [0.15, 0.2) is 10.4 Å². The highest BCUT2D eigenvalue weighted by Gasteiger charge is 2.17. The zero-order chi connectivity index (χ0) is 16.2. The van der Waals surface area contributed by atoms with E-state index in [1.165, 1.54) is 0 Å². The maximum atomic E-state index is 4.62. The van der Waals surface area contributed by atoms with Gasteiger partial charge in [0, 0.05) is 25.4 Å². The molecule has 0 spiro atoms. The van der Waals surface area contributed by atoms with Crippen molar-refractivity contribution in [2.45, 2.75) is 52.2 Å². The van der Waals surface area contributed by atoms with Crippen molar-refractivity contribution in [1.29, 1.82) is 0 Å². The van der Waals surface area contributed by atoms with Gasteiger partial charge in [-0.05, 0) is 12.3 Å². The lowest BCUT2D eigenvalue weighted by Crippen LogP contribution is -2.37. The Kier molecular flexibility index (Phi) is 6.96. The molecule has 24 heavy (non-hydrogen) atoms. The van der Waals surface area contributed by atoms with Crippen molar-refractivity contribution in [3.05, 3.63) is 27.7 Å². The summed E-state index contributed by atoms with van der Waals surface area (Å²) in [4.78, 5) is 8.87. The predicted octanol–water partition coefficient (Wildman–Crippen LogP) is 2.29. The molecule has 7 nitrogen and oxygen atoms in total. The van der Waals surface area contributed by atoms with Crippen molar-refractivity contribution < 1.29 is 0 Å². The summed E-state index contributed by atoms with van der Waals surface area (Å²) in [6.45, 7) is 6.63. The van der Waals surface area contributed by atoms with E-state index in [-0.39, 0.29) is 24.0 Å². The minimum Gasteiger partial charge on any atom is -0.350 e. The van der Waals surface area contributed by atoms with Crippen LogP contribution in [0.2, 0.25) is 0 Å². The molecule has 0 amide bonds. The molecule has 1 aliphatic rings. The summed E-state index contributed by atoms with van der Waals surface area (Å²) >= 11 is 1.68. The minimum atomic E-state index is 0. The monoisotopic (exact) mass is 461 g/mol. The van der Waals surface area contributed by atoms with E-state index in [1.54, 1.807) is 18.4 Å². The fourth-order valence-electron chi connectivity index (χ4n) is 2.56. The third kappa shape index (κ3) is 4.44. The molecule has 2 aromatic rings. The zero-order valence-electron chi connectivity index (χ0n) is 14.2. The average molecular weight is 461 g/mol. The van der Waals surface area contributed by atoms with E-state index in [4.69, 9.17) is 0 Å². The van der Waals surface area contributed by atoms with Crippen molar-refractivity contribution in [2.75, 3.05) is 7.05 Å². The molecule has 2 N–H and O–H groups in total. The highest BCUT2D eigenvalue weighted by molar-refractivity contribution is 14.0. The van der Waals surface area contributed by atoms with Gasteiger partial charge in [-0.2, -0.15) is 0 Å². The van der Waals surface area contributed by atoms with Gasteiger partial charge < -0.3 is 15.2 Å². The molecule has 2 aromatic heterocycles. The molecule has 3 rings (SSSR count). The van der Waals surface area contributed by atoms with E-state index in [2.05, 4.69) is 54.6 Å². The number of nitrogens with zero attached hydrogens (tertiary/aromatic N) is 5. The molecule has 132 valence electrons. The number of aromatic nitrogens is 4. The lowest BCUT2D eigenvalue weighted by Gasteiger charge is -2.10. The first kappa shape index (κ1) is 19.1. The standard InChI is InChI=1S/C15H23N7S.HI/c1-10(2)11-9-23-14(19-11)8-18-15(16-3)17-7-13-21-20-12-5-4-6-22(12)13;/h9-10H,4-8H2,1-3H3,(H2,16,17,18);1H. The van der Waals surface area contributed by atoms with Crippen LogP contribution in [0.3, 0.4) is 0 Å². The quantitative estimate of drug-likeness (QED) is 0.406. The van der Waals surface area contributed by atoms with Gasteiger partial charge in [-0.25, -0.2) is 4.98 Å². The number of rotatable bonds is 5. The molecule has 9 heteroatoms. The van der Waals surface area contributed by atoms with Crippen molar-refractivity contribution in [1.82, 2.24) is 30.4 Å². The van der Waals surface area contributed by atoms with E-state index in [1.807, 2.05) is 0 Å². The molecule has 0 saturated heterocycles. The van der Waals surface area contributed by atoms with Crippen LogP contribution in [0.5, 0.6) is 0 Å². The van der Waals surface area contributed by atoms with Crippen LogP contribution in [0.25, 0.3) is 0 Å². The normalized spacial score (nSPS) is 13.8. The number of halogens is 1. The Morgan fingerprint density at radius 3 is 2.83 bits per heavy atom. The number of hydrogen-bond donors (Lipinski definition) is 2. The van der Waals surface area contributed by atoms with Crippen LogP contribution in [0, 0.1) is 0 Å². The second kappa shape index (κ2) is 8.75. The first-order valence-electron chi connectivity index (χ1n) is 7.97. The SMILES string of the molecule is CN=C(NCc1nc(C(C)C)cs1)NCc1nnc2n1CCC2.I. The van der Waals surface area contributed by atoms with Gasteiger partial charge in [0.05, 0.1) is 18.8 Å². The Morgan fingerprint density at radius 1 is 1.33 bits per heavy atom. The van der Waals surface area contributed by atoms with Crippen LogP contribution in [-0.2, 0) is 26.1 Å². The molecule has 0 radical (unpaired) electrons. The van der Waals surface area contributed by atoms with Gasteiger partial charge >= 0.3 is 0 Å². The van der Waals surface area contributed by atoms with Crippen LogP contribution in [0.4, 0.5) is 0 Å². The summed E-state index contributed by atoms with van der Waals surface area (Å²) in [6.07, 6.45) is 2.19. The van der Waals surface area contributed by atoms with Crippen molar-refractivity contribution >= 4 is 41.3 Å². The maximum absolute atomic E-state index is 4.62. The minimum absolute atomic E-state index is 0. The molecule has 1 aliphatic heterocycles. The number of guanidine groups is 1. The maximum Gasteiger partial charge on any atom is 0.191 e. The molecular weight excluding hydrogens is 437 g/mol. The second-order valence-electron chi connectivity index (χ2n) is 5.89. The van der Waals surface area contributed by atoms with Gasteiger partial charge in [0.25, 0.3) is 0 Å². The molecule has 0 atom stereocenters. The summed E-state index contributed by atoms with van der Waals surface area (Å²) in [5.74, 6) is 3.28. The number of nitrogens with one attached hydrogen (secondary N) is 2. The molecular formula is C15H24IN7S. The Hall–Kier alpha value is -1.23. The summed E-state index contributed by atoms with van der Waals surface area (Å²) in [5, 5.41) is 18.2. The molecule has 0 unspecified atom stereocenters. The van der Waals surface area contributed by atoms with Crippen molar-refractivity contribution in [2.24, 2.45) is 4.99 Å². The second-order valence-corrected chi connectivity index (χ2v) is 6.83. The number of hydrogen-bond acceptors (Lipinski definition) is 5. The fourth-order valence-corrected chi connectivity index (χ4v) is 3.45. The number of thiazole rings is 1. The van der Waals surface area contributed by atoms with Crippen molar-refractivity contribution in [3.8, 4) is 0 Å². The molecule has 3 heterocycles. The molecule has 0 aromatic carbocycles. The smallest absolute Gasteiger partial charge is 0.191 e. The number of fused-ring (bicyclic) bond motifs is 1. The summed E-state index contributed by atoms with van der Waals surface area (Å²) in [5.41, 5.74) is 1.15. The van der Waals surface area contributed by atoms with Gasteiger partial charge in [-0.15, -0.1) is 45.5 Å². The summed E-state index contributed by atoms with van der Waals surface area (Å²) in [6, 6.07) is 0.